The van der Waals surface area contributed by atoms with Crippen molar-refractivity contribution < 1.29 is 4.74 Å². The Morgan fingerprint density at radius 2 is 1.94 bits per heavy atom. The number of anilines is 1. The van der Waals surface area contributed by atoms with Crippen LogP contribution in [0.2, 0.25) is 0 Å². The Balaban J connectivity index is 2.89. The molecule has 3 heteroatoms. The lowest BCUT2D eigenvalue weighted by molar-refractivity contribution is 0.411. The van der Waals surface area contributed by atoms with Crippen LogP contribution in [-0.2, 0) is 0 Å². The minimum Gasteiger partial charge on any atom is -0.496 e. The summed E-state index contributed by atoms with van der Waals surface area (Å²) in [7, 11) is 1.71. The SMILES string of the molecule is COc1cc(C)c(NCCC(C)N)c(C)c1C. The van der Waals surface area contributed by atoms with Crippen LogP contribution >= 0.6 is 0 Å². The van der Waals surface area contributed by atoms with Gasteiger partial charge in [0.25, 0.3) is 0 Å². The van der Waals surface area contributed by atoms with Crippen LogP contribution in [0.4, 0.5) is 5.69 Å². The summed E-state index contributed by atoms with van der Waals surface area (Å²) in [5, 5.41) is 3.47. The number of ether oxygens (including phenoxy) is 1. The topological polar surface area (TPSA) is 47.3 Å². The first kappa shape index (κ1) is 13.8. The van der Waals surface area contributed by atoms with Gasteiger partial charge in [-0.15, -0.1) is 0 Å². The third-order valence-electron chi connectivity index (χ3n) is 3.17. The van der Waals surface area contributed by atoms with Gasteiger partial charge in [0.05, 0.1) is 7.11 Å². The van der Waals surface area contributed by atoms with Crippen LogP contribution in [-0.4, -0.2) is 19.7 Å². The molecule has 1 rings (SSSR count). The molecule has 0 saturated carbocycles. The second-order valence-corrected chi connectivity index (χ2v) is 4.71. The monoisotopic (exact) mass is 236 g/mol. The Hall–Kier alpha value is -1.22. The molecule has 0 aliphatic carbocycles. The van der Waals surface area contributed by atoms with Crippen LogP contribution in [0, 0.1) is 20.8 Å². The Kier molecular flexibility index (Phi) is 4.82. The van der Waals surface area contributed by atoms with Gasteiger partial charge in [-0.25, -0.2) is 0 Å². The molecule has 0 saturated heterocycles. The summed E-state index contributed by atoms with van der Waals surface area (Å²) in [4.78, 5) is 0. The van der Waals surface area contributed by atoms with E-state index in [1.807, 2.05) is 6.92 Å². The minimum absolute atomic E-state index is 0.238. The number of nitrogens with two attached hydrogens (primary N) is 1. The van der Waals surface area contributed by atoms with Gasteiger partial charge < -0.3 is 15.8 Å². The van der Waals surface area contributed by atoms with Gasteiger partial charge in [0, 0.05) is 18.3 Å². The molecular weight excluding hydrogens is 212 g/mol. The Labute approximate surface area is 104 Å². The Morgan fingerprint density at radius 3 is 2.47 bits per heavy atom. The van der Waals surface area contributed by atoms with E-state index >= 15 is 0 Å². The van der Waals surface area contributed by atoms with E-state index in [-0.39, 0.29) is 6.04 Å². The van der Waals surface area contributed by atoms with Crippen LogP contribution in [0.1, 0.15) is 30.0 Å². The molecule has 1 unspecified atom stereocenters. The van der Waals surface area contributed by atoms with Crippen molar-refractivity contribution in [3.05, 3.63) is 22.8 Å². The van der Waals surface area contributed by atoms with E-state index < -0.39 is 0 Å². The highest BCUT2D eigenvalue weighted by atomic mass is 16.5. The second kappa shape index (κ2) is 5.92. The second-order valence-electron chi connectivity index (χ2n) is 4.71. The molecule has 17 heavy (non-hydrogen) atoms. The summed E-state index contributed by atoms with van der Waals surface area (Å²) in [5.41, 5.74) is 10.6. The molecule has 0 amide bonds. The molecule has 0 aromatic heterocycles. The van der Waals surface area contributed by atoms with Crippen molar-refractivity contribution in [1.82, 2.24) is 0 Å². The standard InChI is InChI=1S/C14H24N2O/c1-9-8-13(17-5)11(3)12(4)14(9)16-7-6-10(2)15/h8,10,16H,6-7,15H2,1-5H3. The molecule has 0 fully saturated rings. The molecule has 0 radical (unpaired) electrons. The molecule has 0 spiro atoms. The first-order chi connectivity index (χ1) is 7.97. The van der Waals surface area contributed by atoms with Crippen molar-refractivity contribution in [3.8, 4) is 5.75 Å². The zero-order valence-electron chi connectivity index (χ0n) is 11.6. The molecule has 0 aliphatic heterocycles. The number of hydrogen-bond donors (Lipinski definition) is 2. The van der Waals surface area contributed by atoms with Crippen molar-refractivity contribution in [2.45, 2.75) is 40.2 Å². The zero-order chi connectivity index (χ0) is 13.0. The maximum atomic E-state index is 5.75. The smallest absolute Gasteiger partial charge is 0.122 e. The van der Waals surface area contributed by atoms with Crippen molar-refractivity contribution in [1.29, 1.82) is 0 Å². The van der Waals surface area contributed by atoms with Crippen LogP contribution in [0.3, 0.4) is 0 Å². The van der Waals surface area contributed by atoms with Gasteiger partial charge in [0.2, 0.25) is 0 Å². The van der Waals surface area contributed by atoms with Gasteiger partial charge in [-0.3, -0.25) is 0 Å². The third kappa shape index (κ3) is 3.37. The van der Waals surface area contributed by atoms with Crippen LogP contribution in [0.5, 0.6) is 5.75 Å². The number of hydrogen-bond acceptors (Lipinski definition) is 3. The first-order valence-corrected chi connectivity index (χ1v) is 6.11. The van der Waals surface area contributed by atoms with E-state index in [4.69, 9.17) is 10.5 Å². The largest absolute Gasteiger partial charge is 0.496 e. The van der Waals surface area contributed by atoms with E-state index in [2.05, 4.69) is 32.2 Å². The van der Waals surface area contributed by atoms with Crippen LogP contribution in [0.25, 0.3) is 0 Å². The lowest BCUT2D eigenvalue weighted by Gasteiger charge is -2.18. The Morgan fingerprint density at radius 1 is 1.29 bits per heavy atom. The summed E-state index contributed by atoms with van der Waals surface area (Å²) in [5.74, 6) is 0.956. The maximum Gasteiger partial charge on any atom is 0.122 e. The Bertz CT molecular complexity index is 386. The van der Waals surface area contributed by atoms with Crippen molar-refractivity contribution in [2.75, 3.05) is 19.0 Å². The molecule has 0 aliphatic rings. The quantitative estimate of drug-likeness (QED) is 0.826. The minimum atomic E-state index is 0.238. The summed E-state index contributed by atoms with van der Waals surface area (Å²) in [6.07, 6.45) is 0.976. The third-order valence-corrected chi connectivity index (χ3v) is 3.17. The first-order valence-electron chi connectivity index (χ1n) is 6.11. The molecule has 3 N–H and O–H groups in total. The number of rotatable bonds is 5. The van der Waals surface area contributed by atoms with E-state index in [1.54, 1.807) is 7.11 Å². The zero-order valence-corrected chi connectivity index (χ0v) is 11.6. The summed E-state index contributed by atoms with van der Waals surface area (Å²) < 4.78 is 5.36. The van der Waals surface area contributed by atoms with Gasteiger partial charge in [-0.05, 0) is 56.9 Å². The fourth-order valence-electron chi connectivity index (χ4n) is 1.95. The average molecular weight is 236 g/mol. The van der Waals surface area contributed by atoms with E-state index in [1.165, 1.54) is 22.4 Å². The normalized spacial score (nSPS) is 12.4. The van der Waals surface area contributed by atoms with Gasteiger partial charge in [-0.2, -0.15) is 0 Å². The predicted molar refractivity (Wildman–Crippen MR) is 74.0 cm³/mol. The molecule has 1 atom stereocenters. The highest BCUT2D eigenvalue weighted by molar-refractivity contribution is 5.63. The van der Waals surface area contributed by atoms with E-state index in [0.29, 0.717) is 0 Å². The number of nitrogens with one attached hydrogen (secondary N) is 1. The van der Waals surface area contributed by atoms with Crippen LogP contribution < -0.4 is 15.8 Å². The van der Waals surface area contributed by atoms with Gasteiger partial charge >= 0.3 is 0 Å². The van der Waals surface area contributed by atoms with Gasteiger partial charge in [0.15, 0.2) is 0 Å². The molecule has 96 valence electrons. The van der Waals surface area contributed by atoms with E-state index in [0.717, 1.165) is 18.7 Å². The molecule has 3 nitrogen and oxygen atoms in total. The molecule has 0 heterocycles. The van der Waals surface area contributed by atoms with Crippen LogP contribution in [0.15, 0.2) is 6.07 Å². The maximum absolute atomic E-state index is 5.75. The van der Waals surface area contributed by atoms with Gasteiger partial charge in [-0.1, -0.05) is 0 Å². The van der Waals surface area contributed by atoms with Crippen molar-refractivity contribution in [3.63, 3.8) is 0 Å². The molecule has 1 aromatic carbocycles. The fraction of sp³-hybridized carbons (Fsp3) is 0.571. The highest BCUT2D eigenvalue weighted by Crippen LogP contribution is 2.30. The summed E-state index contributed by atoms with van der Waals surface area (Å²) in [6, 6.07) is 2.32. The lowest BCUT2D eigenvalue weighted by Crippen LogP contribution is -2.19. The van der Waals surface area contributed by atoms with Crippen molar-refractivity contribution in [2.24, 2.45) is 5.73 Å². The summed E-state index contributed by atoms with van der Waals surface area (Å²) in [6.45, 7) is 9.25. The van der Waals surface area contributed by atoms with Crippen molar-refractivity contribution >= 4 is 5.69 Å². The average Bonchev–Trinajstić information content (AvgIpc) is 2.27. The highest BCUT2D eigenvalue weighted by Gasteiger charge is 2.10. The number of benzene rings is 1. The molecular formula is C14H24N2O. The molecule has 0 bridgehead atoms. The summed E-state index contributed by atoms with van der Waals surface area (Å²) >= 11 is 0. The molecule has 1 aromatic rings. The number of methoxy groups -OCH3 is 1. The predicted octanol–water partition coefficient (Wildman–Crippen LogP) is 2.77. The number of aryl methyl sites for hydroxylation is 1. The fourth-order valence-corrected chi connectivity index (χ4v) is 1.95. The van der Waals surface area contributed by atoms with E-state index in [9.17, 15) is 0 Å². The lowest BCUT2D eigenvalue weighted by atomic mass is 10.0. The van der Waals surface area contributed by atoms with Gasteiger partial charge in [0.1, 0.15) is 5.75 Å².